The van der Waals surface area contributed by atoms with Gasteiger partial charge in [-0.1, -0.05) is 19.1 Å². The van der Waals surface area contributed by atoms with Crippen LogP contribution in [0.25, 0.3) is 0 Å². The van der Waals surface area contributed by atoms with E-state index in [4.69, 9.17) is 0 Å². The van der Waals surface area contributed by atoms with Gasteiger partial charge in [-0.25, -0.2) is 4.39 Å². The molecule has 1 unspecified atom stereocenters. The van der Waals surface area contributed by atoms with Crippen LogP contribution in [0, 0.1) is 5.82 Å². The van der Waals surface area contributed by atoms with Gasteiger partial charge in [0, 0.05) is 0 Å². The molecule has 2 nitrogen and oxygen atoms in total. The Balaban J connectivity index is 2.94. The maximum Gasteiger partial charge on any atom is 0.123 e. The molecule has 0 fully saturated rings. The van der Waals surface area contributed by atoms with E-state index in [1.807, 2.05) is 13.8 Å². The summed E-state index contributed by atoms with van der Waals surface area (Å²) in [5, 5.41) is 12.5. The topological polar surface area (TPSA) is 32.3 Å². The molecule has 2 N–H and O–H groups in total. The lowest BCUT2D eigenvalue weighted by Gasteiger charge is -2.28. The van der Waals surface area contributed by atoms with Crippen molar-refractivity contribution in [2.24, 2.45) is 0 Å². The molecule has 0 saturated heterocycles. The van der Waals surface area contributed by atoms with Crippen molar-refractivity contribution in [1.29, 1.82) is 0 Å². The SMILES string of the molecule is CCNC(C)(CO)c1ccc(F)cc1. The standard InChI is InChI=1S/C11H16FNO/c1-3-13-11(2,8-14)9-4-6-10(12)7-5-9/h4-7,13-14H,3,8H2,1-2H3. The summed E-state index contributed by atoms with van der Waals surface area (Å²) in [6.45, 7) is 4.61. The third-order valence-electron chi connectivity index (χ3n) is 2.36. The second kappa shape index (κ2) is 4.53. The average molecular weight is 197 g/mol. The van der Waals surface area contributed by atoms with Gasteiger partial charge in [0.2, 0.25) is 0 Å². The summed E-state index contributed by atoms with van der Waals surface area (Å²) in [6, 6.07) is 6.18. The normalized spacial score (nSPS) is 15.1. The minimum absolute atomic E-state index is 0.00747. The number of hydrogen-bond donors (Lipinski definition) is 2. The van der Waals surface area contributed by atoms with Crippen LogP contribution in [0.3, 0.4) is 0 Å². The van der Waals surface area contributed by atoms with Gasteiger partial charge in [-0.15, -0.1) is 0 Å². The molecule has 0 heterocycles. The van der Waals surface area contributed by atoms with Crippen LogP contribution in [0.1, 0.15) is 19.4 Å². The van der Waals surface area contributed by atoms with E-state index in [1.165, 1.54) is 12.1 Å². The van der Waals surface area contributed by atoms with Gasteiger partial charge in [0.15, 0.2) is 0 Å². The van der Waals surface area contributed by atoms with Crippen LogP contribution in [0.15, 0.2) is 24.3 Å². The number of likely N-dealkylation sites (N-methyl/N-ethyl adjacent to an activating group) is 1. The number of hydrogen-bond acceptors (Lipinski definition) is 2. The first kappa shape index (κ1) is 11.1. The Morgan fingerprint density at radius 3 is 2.36 bits per heavy atom. The van der Waals surface area contributed by atoms with Gasteiger partial charge < -0.3 is 10.4 Å². The Morgan fingerprint density at radius 1 is 1.36 bits per heavy atom. The molecule has 0 aliphatic heterocycles. The van der Waals surface area contributed by atoms with Crippen LogP contribution in [-0.4, -0.2) is 18.3 Å². The molecule has 0 aromatic heterocycles. The third kappa shape index (κ3) is 2.30. The minimum atomic E-state index is -0.484. The molecule has 0 radical (unpaired) electrons. The van der Waals surface area contributed by atoms with Gasteiger partial charge in [-0.3, -0.25) is 0 Å². The molecule has 78 valence electrons. The van der Waals surface area contributed by atoms with Crippen molar-refractivity contribution in [2.75, 3.05) is 13.2 Å². The smallest absolute Gasteiger partial charge is 0.123 e. The van der Waals surface area contributed by atoms with Gasteiger partial charge in [0.05, 0.1) is 12.1 Å². The molecule has 1 rings (SSSR count). The van der Waals surface area contributed by atoms with Gasteiger partial charge in [0.1, 0.15) is 5.82 Å². The Hall–Kier alpha value is -0.930. The lowest BCUT2D eigenvalue weighted by Crippen LogP contribution is -2.42. The Kier molecular flexibility index (Phi) is 3.61. The molecule has 1 aromatic rings. The molecule has 0 aliphatic rings. The minimum Gasteiger partial charge on any atom is -0.394 e. The van der Waals surface area contributed by atoms with E-state index in [9.17, 15) is 9.50 Å². The Labute approximate surface area is 83.8 Å². The molecular formula is C11H16FNO. The fourth-order valence-corrected chi connectivity index (χ4v) is 1.46. The molecule has 1 atom stereocenters. The second-order valence-electron chi connectivity index (χ2n) is 3.53. The van der Waals surface area contributed by atoms with Gasteiger partial charge >= 0.3 is 0 Å². The first-order valence-corrected chi connectivity index (χ1v) is 4.74. The van der Waals surface area contributed by atoms with E-state index in [2.05, 4.69) is 5.32 Å². The number of rotatable bonds is 4. The van der Waals surface area contributed by atoms with Crippen molar-refractivity contribution >= 4 is 0 Å². The fourth-order valence-electron chi connectivity index (χ4n) is 1.46. The predicted molar refractivity (Wildman–Crippen MR) is 54.5 cm³/mol. The maximum atomic E-state index is 12.7. The predicted octanol–water partition coefficient (Wildman–Crippen LogP) is 1.64. The molecule has 0 spiro atoms. The van der Waals surface area contributed by atoms with Crippen LogP contribution < -0.4 is 5.32 Å². The zero-order valence-electron chi connectivity index (χ0n) is 8.55. The third-order valence-corrected chi connectivity index (χ3v) is 2.36. The Morgan fingerprint density at radius 2 is 1.93 bits per heavy atom. The quantitative estimate of drug-likeness (QED) is 0.769. The van der Waals surface area contributed by atoms with Crippen molar-refractivity contribution in [3.63, 3.8) is 0 Å². The summed E-state index contributed by atoms with van der Waals surface area (Å²) in [6.07, 6.45) is 0. The van der Waals surface area contributed by atoms with Crippen LogP contribution in [0.5, 0.6) is 0 Å². The highest BCUT2D eigenvalue weighted by molar-refractivity contribution is 5.24. The first-order valence-electron chi connectivity index (χ1n) is 4.74. The van der Waals surface area contributed by atoms with Crippen LogP contribution in [-0.2, 0) is 5.54 Å². The molecule has 14 heavy (non-hydrogen) atoms. The van der Waals surface area contributed by atoms with Crippen molar-refractivity contribution < 1.29 is 9.50 Å². The highest BCUT2D eigenvalue weighted by Crippen LogP contribution is 2.19. The largest absolute Gasteiger partial charge is 0.394 e. The number of aliphatic hydroxyl groups excluding tert-OH is 1. The lowest BCUT2D eigenvalue weighted by molar-refractivity contribution is 0.177. The number of nitrogens with one attached hydrogen (secondary N) is 1. The van der Waals surface area contributed by atoms with E-state index >= 15 is 0 Å². The zero-order chi connectivity index (χ0) is 10.6. The van der Waals surface area contributed by atoms with Crippen molar-refractivity contribution in [2.45, 2.75) is 19.4 Å². The summed E-state index contributed by atoms with van der Waals surface area (Å²) >= 11 is 0. The highest BCUT2D eigenvalue weighted by atomic mass is 19.1. The first-order chi connectivity index (χ1) is 6.62. The number of benzene rings is 1. The summed E-state index contributed by atoms with van der Waals surface area (Å²) in [5.74, 6) is -0.259. The molecule has 0 bridgehead atoms. The van der Waals surface area contributed by atoms with E-state index in [0.29, 0.717) is 0 Å². The molecule has 1 aromatic carbocycles. The number of aliphatic hydroxyl groups is 1. The average Bonchev–Trinajstić information content (AvgIpc) is 2.19. The zero-order valence-corrected chi connectivity index (χ0v) is 8.55. The molecular weight excluding hydrogens is 181 g/mol. The fraction of sp³-hybridized carbons (Fsp3) is 0.455. The van der Waals surface area contributed by atoms with Gasteiger partial charge in [0.25, 0.3) is 0 Å². The van der Waals surface area contributed by atoms with Gasteiger partial charge in [-0.05, 0) is 31.2 Å². The van der Waals surface area contributed by atoms with E-state index in [-0.39, 0.29) is 12.4 Å². The number of halogens is 1. The molecule has 3 heteroatoms. The summed E-state index contributed by atoms with van der Waals surface area (Å²) in [4.78, 5) is 0. The van der Waals surface area contributed by atoms with Crippen LogP contribution >= 0.6 is 0 Å². The highest BCUT2D eigenvalue weighted by Gasteiger charge is 2.23. The monoisotopic (exact) mass is 197 g/mol. The van der Waals surface area contributed by atoms with Crippen LogP contribution in [0.4, 0.5) is 4.39 Å². The molecule has 0 aliphatic carbocycles. The Bertz CT molecular complexity index is 286. The van der Waals surface area contributed by atoms with Crippen molar-refractivity contribution in [1.82, 2.24) is 5.32 Å². The van der Waals surface area contributed by atoms with E-state index < -0.39 is 5.54 Å². The van der Waals surface area contributed by atoms with E-state index in [0.717, 1.165) is 12.1 Å². The van der Waals surface area contributed by atoms with Crippen LogP contribution in [0.2, 0.25) is 0 Å². The maximum absolute atomic E-state index is 12.7. The summed E-state index contributed by atoms with van der Waals surface area (Å²) in [7, 11) is 0. The summed E-state index contributed by atoms with van der Waals surface area (Å²) in [5.41, 5.74) is 0.408. The molecule has 0 saturated carbocycles. The second-order valence-corrected chi connectivity index (χ2v) is 3.53. The summed E-state index contributed by atoms with van der Waals surface area (Å²) < 4.78 is 12.7. The van der Waals surface area contributed by atoms with Crippen molar-refractivity contribution in [3.05, 3.63) is 35.6 Å². The lowest BCUT2D eigenvalue weighted by atomic mass is 9.93. The van der Waals surface area contributed by atoms with E-state index in [1.54, 1.807) is 12.1 Å². The molecule has 0 amide bonds. The van der Waals surface area contributed by atoms with Crippen molar-refractivity contribution in [3.8, 4) is 0 Å². The van der Waals surface area contributed by atoms with Gasteiger partial charge in [-0.2, -0.15) is 0 Å².